The normalized spacial score (nSPS) is 9.69. The van der Waals surface area contributed by atoms with Crippen molar-refractivity contribution in [1.82, 2.24) is 0 Å². The van der Waals surface area contributed by atoms with Crippen LogP contribution in [0.25, 0.3) is 0 Å². The summed E-state index contributed by atoms with van der Waals surface area (Å²) in [5.41, 5.74) is 0.764. The zero-order valence-corrected chi connectivity index (χ0v) is 6.93. The van der Waals surface area contributed by atoms with E-state index in [0.29, 0.717) is 5.56 Å². The molecule has 0 aliphatic carbocycles. The Morgan fingerprint density at radius 2 is 2.00 bits per heavy atom. The van der Waals surface area contributed by atoms with Gasteiger partial charge in [0, 0.05) is 0 Å². The quantitative estimate of drug-likeness (QED) is 0.520. The minimum absolute atomic E-state index is 0.225. The third-order valence-electron chi connectivity index (χ3n) is 1.60. The molecule has 0 unspecified atom stereocenters. The van der Waals surface area contributed by atoms with E-state index in [0.717, 1.165) is 0 Å². The van der Waals surface area contributed by atoms with Gasteiger partial charge in [-0.05, 0) is 11.6 Å². The van der Waals surface area contributed by atoms with Gasteiger partial charge in [0.1, 0.15) is 0 Å². The molecule has 70 valence electrons. The third kappa shape index (κ3) is 2.27. The number of benzene rings is 1. The molecule has 0 aliphatic rings. The van der Waals surface area contributed by atoms with Crippen LogP contribution in [0.15, 0.2) is 24.3 Å². The predicted octanol–water partition coefficient (Wildman–Crippen LogP) is 0.286. The molecule has 2 N–H and O–H groups in total. The van der Waals surface area contributed by atoms with Gasteiger partial charge in [0.05, 0.1) is 12.2 Å². The van der Waals surface area contributed by atoms with E-state index in [1.807, 2.05) is 0 Å². The smallest absolute Gasteiger partial charge is 0.340 e. The maximum absolute atomic E-state index is 11.1. The van der Waals surface area contributed by atoms with Crippen molar-refractivity contribution in [3.8, 4) is 0 Å². The summed E-state index contributed by atoms with van der Waals surface area (Å²) in [5, 5.41) is 17.2. The number of carbonyl (C=O) groups is 1. The lowest BCUT2D eigenvalue weighted by Gasteiger charge is -2.04. The van der Waals surface area contributed by atoms with Gasteiger partial charge in [-0.2, -0.15) is 0 Å². The fraction of sp³-hybridized carbons (Fsp3) is 0.222. The van der Waals surface area contributed by atoms with E-state index in [4.69, 9.17) is 10.2 Å². The summed E-state index contributed by atoms with van der Waals surface area (Å²) in [5.74, 6) is -0.632. The van der Waals surface area contributed by atoms with Crippen LogP contribution in [0.5, 0.6) is 0 Å². The first-order valence-electron chi connectivity index (χ1n) is 3.76. The molecule has 0 radical (unpaired) electrons. The highest BCUT2D eigenvalue weighted by molar-refractivity contribution is 5.90. The zero-order chi connectivity index (χ0) is 9.68. The van der Waals surface area contributed by atoms with Crippen molar-refractivity contribution in [2.24, 2.45) is 0 Å². The maximum atomic E-state index is 11.1. The largest absolute Gasteiger partial charge is 0.435 e. The Balaban J connectivity index is 2.92. The number of ether oxygens (including phenoxy) is 1. The van der Waals surface area contributed by atoms with Crippen molar-refractivity contribution < 1.29 is 19.7 Å². The molecular formula is C9H10O4. The summed E-state index contributed by atoms with van der Waals surface area (Å²) in [7, 11) is 0. The number of aliphatic hydroxyl groups excluding tert-OH is 2. The second kappa shape index (κ2) is 4.59. The number of carbonyl (C=O) groups excluding carboxylic acids is 1. The number of esters is 1. The number of aliphatic hydroxyl groups is 2. The second-order valence-electron chi connectivity index (χ2n) is 2.38. The minimum Gasteiger partial charge on any atom is -0.435 e. The fourth-order valence-electron chi connectivity index (χ4n) is 0.994. The Kier molecular flexibility index (Phi) is 3.42. The topological polar surface area (TPSA) is 66.8 Å². The highest BCUT2D eigenvalue weighted by Crippen LogP contribution is 2.09. The molecule has 1 aromatic rings. The number of hydrogen-bond acceptors (Lipinski definition) is 4. The lowest BCUT2D eigenvalue weighted by atomic mass is 10.1. The van der Waals surface area contributed by atoms with Crippen LogP contribution in [0.3, 0.4) is 0 Å². The van der Waals surface area contributed by atoms with Gasteiger partial charge in [0.2, 0.25) is 0 Å². The van der Waals surface area contributed by atoms with E-state index in [9.17, 15) is 4.79 Å². The summed E-state index contributed by atoms with van der Waals surface area (Å²) in [6.45, 7) is -0.880. The van der Waals surface area contributed by atoms with Gasteiger partial charge in [0.25, 0.3) is 0 Å². The number of rotatable bonds is 3. The molecule has 0 spiro atoms. The van der Waals surface area contributed by atoms with Crippen molar-refractivity contribution in [3.05, 3.63) is 35.4 Å². The second-order valence-corrected chi connectivity index (χ2v) is 2.38. The molecule has 1 aromatic carbocycles. The predicted molar refractivity (Wildman–Crippen MR) is 44.9 cm³/mol. The molecule has 13 heavy (non-hydrogen) atoms. The van der Waals surface area contributed by atoms with Crippen molar-refractivity contribution in [2.75, 3.05) is 6.79 Å². The van der Waals surface area contributed by atoms with E-state index >= 15 is 0 Å². The van der Waals surface area contributed by atoms with E-state index in [1.165, 1.54) is 6.07 Å². The van der Waals surface area contributed by atoms with Gasteiger partial charge in [-0.3, -0.25) is 0 Å². The first-order chi connectivity index (χ1) is 6.29. The Labute approximate surface area is 75.4 Å². The van der Waals surface area contributed by atoms with Crippen LogP contribution >= 0.6 is 0 Å². The van der Waals surface area contributed by atoms with Crippen LogP contribution in [-0.4, -0.2) is 23.0 Å². The average Bonchev–Trinajstić information content (AvgIpc) is 2.18. The molecule has 1 rings (SSSR count). The molecule has 0 bridgehead atoms. The Bertz CT molecular complexity index is 295. The molecule has 0 amide bonds. The fourth-order valence-corrected chi connectivity index (χ4v) is 0.994. The SMILES string of the molecule is O=C(OCO)c1ccccc1CO. The van der Waals surface area contributed by atoms with Crippen molar-refractivity contribution in [2.45, 2.75) is 6.61 Å². The van der Waals surface area contributed by atoms with Crippen molar-refractivity contribution >= 4 is 5.97 Å². The molecule has 0 saturated carbocycles. The lowest BCUT2D eigenvalue weighted by molar-refractivity contribution is 0.00657. The molecule has 0 aromatic heterocycles. The van der Waals surface area contributed by atoms with E-state index < -0.39 is 12.8 Å². The van der Waals surface area contributed by atoms with E-state index in [2.05, 4.69) is 4.74 Å². The molecular weight excluding hydrogens is 172 g/mol. The average molecular weight is 182 g/mol. The van der Waals surface area contributed by atoms with E-state index in [-0.39, 0.29) is 12.2 Å². The minimum atomic E-state index is -0.654. The monoisotopic (exact) mass is 182 g/mol. The Hall–Kier alpha value is -1.39. The van der Waals surface area contributed by atoms with Gasteiger partial charge in [-0.1, -0.05) is 18.2 Å². The summed E-state index contributed by atoms with van der Waals surface area (Å²) >= 11 is 0. The van der Waals surface area contributed by atoms with Crippen LogP contribution < -0.4 is 0 Å². The summed E-state index contributed by atoms with van der Waals surface area (Å²) in [6.07, 6.45) is 0. The Morgan fingerprint density at radius 1 is 1.31 bits per heavy atom. The van der Waals surface area contributed by atoms with E-state index in [1.54, 1.807) is 18.2 Å². The molecule has 4 heteroatoms. The van der Waals surface area contributed by atoms with Crippen LogP contribution in [0.2, 0.25) is 0 Å². The molecule has 0 atom stereocenters. The summed E-state index contributed by atoms with van der Waals surface area (Å²) in [4.78, 5) is 11.1. The maximum Gasteiger partial charge on any atom is 0.340 e. The van der Waals surface area contributed by atoms with Gasteiger partial charge >= 0.3 is 5.97 Å². The highest BCUT2D eigenvalue weighted by Gasteiger charge is 2.10. The summed E-state index contributed by atoms with van der Waals surface area (Å²) in [6, 6.07) is 6.52. The molecule has 0 aliphatic heterocycles. The molecule has 0 heterocycles. The molecule has 0 fully saturated rings. The van der Waals surface area contributed by atoms with Crippen LogP contribution in [0.4, 0.5) is 0 Å². The third-order valence-corrected chi connectivity index (χ3v) is 1.60. The first-order valence-corrected chi connectivity index (χ1v) is 3.76. The Morgan fingerprint density at radius 3 is 2.62 bits per heavy atom. The van der Waals surface area contributed by atoms with Crippen molar-refractivity contribution in [1.29, 1.82) is 0 Å². The lowest BCUT2D eigenvalue weighted by Crippen LogP contribution is -2.08. The van der Waals surface area contributed by atoms with Gasteiger partial charge in [-0.25, -0.2) is 4.79 Å². The number of hydrogen-bond donors (Lipinski definition) is 2. The van der Waals surface area contributed by atoms with Crippen LogP contribution in [-0.2, 0) is 11.3 Å². The first kappa shape index (κ1) is 9.70. The van der Waals surface area contributed by atoms with Gasteiger partial charge in [-0.15, -0.1) is 0 Å². The standard InChI is InChI=1S/C9H10O4/c10-5-7-3-1-2-4-8(7)9(12)13-6-11/h1-4,10-11H,5-6H2. The molecule has 0 saturated heterocycles. The zero-order valence-electron chi connectivity index (χ0n) is 6.93. The van der Waals surface area contributed by atoms with Crippen LogP contribution in [0.1, 0.15) is 15.9 Å². The summed E-state index contributed by atoms with van der Waals surface area (Å²) < 4.78 is 4.38. The van der Waals surface area contributed by atoms with Gasteiger partial charge in [0.15, 0.2) is 6.79 Å². The van der Waals surface area contributed by atoms with Crippen molar-refractivity contribution in [3.63, 3.8) is 0 Å². The highest BCUT2D eigenvalue weighted by atomic mass is 16.6. The molecule has 4 nitrogen and oxygen atoms in total. The van der Waals surface area contributed by atoms with Crippen LogP contribution in [0, 0.1) is 0 Å². The van der Waals surface area contributed by atoms with Gasteiger partial charge < -0.3 is 14.9 Å².